The van der Waals surface area contributed by atoms with E-state index in [0.29, 0.717) is 29.8 Å². The third-order valence-corrected chi connectivity index (χ3v) is 11.3. The van der Waals surface area contributed by atoms with E-state index in [0.717, 1.165) is 32.1 Å². The molecule has 2 aromatic rings. The number of amides is 4. The number of carbonyl (C=O) groups excluding carboxylic acids is 5. The fourth-order valence-electron chi connectivity index (χ4n) is 6.66. The number of hydrogen-bond acceptors (Lipinski definition) is 12. The van der Waals surface area contributed by atoms with Crippen LogP contribution in [0.25, 0.3) is 0 Å². The van der Waals surface area contributed by atoms with Crippen LogP contribution < -0.4 is 27.0 Å². The number of ether oxygens (including phenoxy) is 1. The van der Waals surface area contributed by atoms with E-state index < -0.39 is 87.2 Å². The molecule has 1 saturated carbocycles. The number of sulfone groups is 1. The number of nitrogens with two attached hydrogens (primary N) is 1. The number of anilines is 1. The van der Waals surface area contributed by atoms with Crippen molar-refractivity contribution in [3.63, 3.8) is 0 Å². The number of aliphatic hydroxyl groups is 1. The predicted octanol–water partition coefficient (Wildman–Crippen LogP) is 2.84. The maximum Gasteiger partial charge on any atom is 0.408 e. The van der Waals surface area contributed by atoms with Crippen LogP contribution in [0.15, 0.2) is 36.5 Å². The highest BCUT2D eigenvalue weighted by Gasteiger charge is 2.33. The van der Waals surface area contributed by atoms with Gasteiger partial charge in [0.05, 0.1) is 24.6 Å². The number of benzene rings is 1. The summed E-state index contributed by atoms with van der Waals surface area (Å²) in [6.45, 7) is 10.4. The first-order valence-electron chi connectivity index (χ1n) is 19.6. The van der Waals surface area contributed by atoms with Crippen molar-refractivity contribution in [2.24, 2.45) is 11.8 Å². The summed E-state index contributed by atoms with van der Waals surface area (Å²) < 4.78 is 31.9. The van der Waals surface area contributed by atoms with E-state index in [1.54, 1.807) is 65.0 Å². The van der Waals surface area contributed by atoms with E-state index in [9.17, 15) is 37.5 Å². The van der Waals surface area contributed by atoms with Crippen LogP contribution in [0, 0.1) is 18.8 Å². The highest BCUT2D eigenvalue weighted by Crippen LogP contribution is 2.28. The van der Waals surface area contributed by atoms with Gasteiger partial charge in [0, 0.05) is 18.3 Å². The molecular formula is C40H61N7O9S. The lowest BCUT2D eigenvalue weighted by Crippen LogP contribution is -2.52. The molecule has 0 saturated heterocycles. The summed E-state index contributed by atoms with van der Waals surface area (Å²) >= 11 is 0. The second-order valence-corrected chi connectivity index (χ2v) is 18.1. The van der Waals surface area contributed by atoms with Gasteiger partial charge in [-0.2, -0.15) is 0 Å². The minimum Gasteiger partial charge on any atom is -0.444 e. The topological polar surface area (TPSA) is 249 Å². The number of nitrogen functional groups attached to an aromatic ring is 1. The number of aromatic nitrogens is 2. The molecule has 0 radical (unpaired) electrons. The predicted molar refractivity (Wildman–Crippen MR) is 215 cm³/mol. The molecule has 316 valence electrons. The third-order valence-electron chi connectivity index (χ3n) is 9.88. The van der Waals surface area contributed by atoms with Gasteiger partial charge < -0.3 is 36.8 Å². The van der Waals surface area contributed by atoms with Crippen molar-refractivity contribution in [1.82, 2.24) is 31.2 Å². The van der Waals surface area contributed by atoms with Crippen molar-refractivity contribution >= 4 is 45.3 Å². The van der Waals surface area contributed by atoms with Gasteiger partial charge in [0.2, 0.25) is 17.7 Å². The fraction of sp³-hybridized carbons (Fsp3) is 0.625. The normalized spacial score (nSPS) is 16.3. The zero-order chi connectivity index (χ0) is 42.3. The Labute approximate surface area is 336 Å². The molecular weight excluding hydrogens is 755 g/mol. The van der Waals surface area contributed by atoms with Gasteiger partial charge in [-0.3, -0.25) is 19.2 Å². The Morgan fingerprint density at radius 2 is 1.65 bits per heavy atom. The van der Waals surface area contributed by atoms with Gasteiger partial charge in [-0.05, 0) is 57.9 Å². The molecule has 4 amide bonds. The summed E-state index contributed by atoms with van der Waals surface area (Å²) in [5.74, 6) is -4.42. The van der Waals surface area contributed by atoms with E-state index in [2.05, 4.69) is 31.2 Å². The Bertz CT molecular complexity index is 1780. The molecule has 0 unspecified atom stereocenters. The molecule has 57 heavy (non-hydrogen) atoms. The van der Waals surface area contributed by atoms with Crippen molar-refractivity contribution in [2.75, 3.05) is 17.2 Å². The molecule has 1 aliphatic rings. The Balaban J connectivity index is 1.69. The van der Waals surface area contributed by atoms with Crippen molar-refractivity contribution in [2.45, 2.75) is 136 Å². The number of carbonyl (C=O) groups is 5. The summed E-state index contributed by atoms with van der Waals surface area (Å²) in [6, 6.07) is 5.54. The maximum absolute atomic E-state index is 13.4. The first kappa shape index (κ1) is 46.7. The van der Waals surface area contributed by atoms with Crippen LogP contribution in [0.3, 0.4) is 0 Å². The first-order chi connectivity index (χ1) is 26.7. The van der Waals surface area contributed by atoms with Gasteiger partial charge in [0.25, 0.3) is 0 Å². The lowest BCUT2D eigenvalue weighted by Gasteiger charge is -2.30. The minimum atomic E-state index is -4.36. The average molecular weight is 816 g/mol. The minimum absolute atomic E-state index is 0.00571. The van der Waals surface area contributed by atoms with Crippen molar-refractivity contribution < 1.29 is 42.2 Å². The van der Waals surface area contributed by atoms with Crippen LogP contribution in [0.5, 0.6) is 0 Å². The van der Waals surface area contributed by atoms with E-state index in [1.807, 2.05) is 6.92 Å². The van der Waals surface area contributed by atoms with E-state index in [1.165, 1.54) is 6.20 Å². The number of nitrogens with one attached hydrogen (secondary N) is 4. The SMILES string of the molecule is CC[C@H](C)[C@H](NC(=O)C[C@H](O)[C@H](CC1CCCCC1)NC(=O)CS(=O)(=O)CC(=O)[C@H](Cc1ccccc1)NC(=O)OC(C)(C)C)C(=O)NCc1cnc(C)nc1N. The monoisotopic (exact) mass is 815 g/mol. The maximum atomic E-state index is 13.4. The van der Waals surface area contributed by atoms with E-state index >= 15 is 0 Å². The average Bonchev–Trinajstić information content (AvgIpc) is 3.12. The van der Waals surface area contributed by atoms with Crippen molar-refractivity contribution in [1.29, 1.82) is 0 Å². The summed E-state index contributed by atoms with van der Waals surface area (Å²) in [5.41, 5.74) is 6.28. The molecule has 1 fully saturated rings. The zero-order valence-electron chi connectivity index (χ0n) is 34.0. The molecule has 17 heteroatoms. The van der Waals surface area contributed by atoms with Crippen LogP contribution in [0.1, 0.15) is 103 Å². The smallest absolute Gasteiger partial charge is 0.408 e. The number of ketones is 1. The van der Waals surface area contributed by atoms with Gasteiger partial charge in [-0.25, -0.2) is 23.2 Å². The van der Waals surface area contributed by atoms with E-state index in [-0.39, 0.29) is 30.6 Å². The molecule has 0 bridgehead atoms. The van der Waals surface area contributed by atoms with Crippen LogP contribution in [-0.2, 0) is 46.7 Å². The van der Waals surface area contributed by atoms with Crippen molar-refractivity contribution in [3.05, 3.63) is 53.5 Å². The fourth-order valence-corrected chi connectivity index (χ4v) is 7.88. The Kier molecular flexibility index (Phi) is 17.8. The number of alkyl carbamates (subject to hydrolysis) is 1. The quantitative estimate of drug-likeness (QED) is 0.113. The molecule has 1 aromatic heterocycles. The lowest BCUT2D eigenvalue weighted by molar-refractivity contribution is -0.131. The second kappa shape index (κ2) is 21.8. The Morgan fingerprint density at radius 1 is 0.982 bits per heavy atom. The number of rotatable bonds is 20. The molecule has 1 aliphatic carbocycles. The summed E-state index contributed by atoms with van der Waals surface area (Å²) in [6.07, 6.45) is 4.25. The standard InChI is InChI=1S/C40H61N7O9S/c1-7-25(2)36(38(52)43-22-29-21-42-26(3)44-37(29)41)47-34(50)20-32(48)30(18-27-14-10-8-11-15-27)45-35(51)24-57(54,55)23-33(49)31(19-28-16-12-9-13-17-28)46-39(53)56-40(4,5)6/h9,12-13,16-17,21,25,27,30-32,36,48H,7-8,10-11,14-15,18-20,22-24H2,1-6H3,(H,43,52)(H,45,51)(H,46,53)(H,47,50)(H2,41,42,44)/t25-,30-,31-,32-,36-/m0/s1. The summed E-state index contributed by atoms with van der Waals surface area (Å²) in [7, 11) is -4.36. The van der Waals surface area contributed by atoms with Crippen LogP contribution >= 0.6 is 0 Å². The van der Waals surface area contributed by atoms with Crippen molar-refractivity contribution in [3.8, 4) is 0 Å². The second-order valence-electron chi connectivity index (χ2n) is 16.0. The number of Topliss-reactive ketones (excluding diaryl/α,β-unsaturated/α-hetero) is 1. The lowest BCUT2D eigenvalue weighted by atomic mass is 9.83. The number of aryl methyl sites for hydroxylation is 1. The molecule has 0 aliphatic heterocycles. The molecule has 5 atom stereocenters. The number of hydrogen-bond donors (Lipinski definition) is 6. The van der Waals surface area contributed by atoms with Crippen LogP contribution in [0.4, 0.5) is 10.6 Å². The zero-order valence-corrected chi connectivity index (χ0v) is 34.8. The first-order valence-corrected chi connectivity index (χ1v) is 21.5. The van der Waals surface area contributed by atoms with Gasteiger partial charge in [0.15, 0.2) is 15.6 Å². The molecule has 0 spiro atoms. The van der Waals surface area contributed by atoms with Crippen LogP contribution in [-0.4, -0.2) is 94.4 Å². The molecule has 1 aromatic carbocycles. The van der Waals surface area contributed by atoms with Gasteiger partial charge in [-0.15, -0.1) is 0 Å². The van der Waals surface area contributed by atoms with Gasteiger partial charge in [0.1, 0.15) is 34.8 Å². The number of nitrogens with zero attached hydrogens (tertiary/aromatic N) is 2. The van der Waals surface area contributed by atoms with E-state index in [4.69, 9.17) is 10.5 Å². The summed E-state index contributed by atoms with van der Waals surface area (Å²) in [4.78, 5) is 74.2. The van der Waals surface area contributed by atoms with Gasteiger partial charge in [-0.1, -0.05) is 82.7 Å². The summed E-state index contributed by atoms with van der Waals surface area (Å²) in [5, 5.41) is 22.0. The molecule has 16 nitrogen and oxygen atoms in total. The highest BCUT2D eigenvalue weighted by molar-refractivity contribution is 7.92. The number of aliphatic hydroxyl groups excluding tert-OH is 1. The Hall–Kier alpha value is -4.64. The highest BCUT2D eigenvalue weighted by atomic mass is 32.2. The van der Waals surface area contributed by atoms with Gasteiger partial charge >= 0.3 is 6.09 Å². The molecule has 3 rings (SSSR count). The third kappa shape index (κ3) is 16.8. The molecule has 1 heterocycles. The Morgan fingerprint density at radius 3 is 2.26 bits per heavy atom. The largest absolute Gasteiger partial charge is 0.444 e. The molecule has 7 N–H and O–H groups in total. The van der Waals surface area contributed by atoms with Crippen LogP contribution in [0.2, 0.25) is 0 Å².